The van der Waals surface area contributed by atoms with Gasteiger partial charge >= 0.3 is 0 Å². The Labute approximate surface area is 94.8 Å². The van der Waals surface area contributed by atoms with Crippen LogP contribution >= 0.6 is 0 Å². The van der Waals surface area contributed by atoms with Gasteiger partial charge in [-0.15, -0.1) is 0 Å². The van der Waals surface area contributed by atoms with Gasteiger partial charge in [0, 0.05) is 12.1 Å². The lowest BCUT2D eigenvalue weighted by atomic mass is 10.2. The molecule has 3 nitrogen and oxygen atoms in total. The fourth-order valence-corrected chi connectivity index (χ4v) is 2.31. The molecule has 0 saturated heterocycles. The van der Waals surface area contributed by atoms with E-state index in [1.165, 1.54) is 12.3 Å². The Balaban J connectivity index is 2.49. The van der Waals surface area contributed by atoms with Gasteiger partial charge in [-0.3, -0.25) is 4.79 Å². The average Bonchev–Trinajstić information content (AvgIpc) is 2.15. The van der Waals surface area contributed by atoms with Gasteiger partial charge in [-0.25, -0.2) is 0 Å². The molecule has 2 aromatic rings. The van der Waals surface area contributed by atoms with Gasteiger partial charge in [0.1, 0.15) is 11.3 Å². The van der Waals surface area contributed by atoms with Crippen LogP contribution in [0, 0.1) is 0 Å². The lowest BCUT2D eigenvalue weighted by Crippen LogP contribution is -2.29. The molecule has 0 aliphatic carbocycles. The lowest BCUT2D eigenvalue weighted by molar-refractivity contribution is 0.552. The Bertz CT molecular complexity index is 566. The Morgan fingerprint density at radius 1 is 1.19 bits per heavy atom. The standard InChI is InChI=1S/C12H14O3Si/c1-16(2,3)15-9-4-5-10-11(13)6-7-14-12(10)8-9/h4-8H,1-3H3. The molecule has 1 aromatic carbocycles. The molecule has 4 heteroatoms. The normalized spacial score (nSPS) is 11.7. The number of hydrogen-bond acceptors (Lipinski definition) is 3. The van der Waals surface area contributed by atoms with Gasteiger partial charge in [0.25, 0.3) is 0 Å². The van der Waals surface area contributed by atoms with Crippen LogP contribution in [-0.4, -0.2) is 8.32 Å². The van der Waals surface area contributed by atoms with Crippen molar-refractivity contribution in [2.75, 3.05) is 0 Å². The van der Waals surface area contributed by atoms with Gasteiger partial charge in [0.05, 0.1) is 11.6 Å². The van der Waals surface area contributed by atoms with Gasteiger partial charge < -0.3 is 8.84 Å². The smallest absolute Gasteiger partial charge is 0.242 e. The summed E-state index contributed by atoms with van der Waals surface area (Å²) in [6.45, 7) is 6.33. The minimum atomic E-state index is -1.62. The minimum Gasteiger partial charge on any atom is -0.544 e. The number of rotatable bonds is 2. The quantitative estimate of drug-likeness (QED) is 0.750. The van der Waals surface area contributed by atoms with Crippen molar-refractivity contribution in [1.82, 2.24) is 0 Å². The molecular weight excluding hydrogens is 220 g/mol. The predicted octanol–water partition coefficient (Wildman–Crippen LogP) is 3.01. The maximum absolute atomic E-state index is 11.5. The molecular formula is C12H14O3Si. The molecule has 1 heterocycles. The molecule has 2 rings (SSSR count). The summed E-state index contributed by atoms with van der Waals surface area (Å²) < 4.78 is 11.1. The highest BCUT2D eigenvalue weighted by molar-refractivity contribution is 6.70. The van der Waals surface area contributed by atoms with Gasteiger partial charge in [0.2, 0.25) is 8.32 Å². The molecule has 16 heavy (non-hydrogen) atoms. The lowest BCUT2D eigenvalue weighted by Gasteiger charge is -2.18. The minimum absolute atomic E-state index is 0.0270. The van der Waals surface area contributed by atoms with Crippen LogP contribution in [-0.2, 0) is 0 Å². The molecule has 0 aliphatic heterocycles. The van der Waals surface area contributed by atoms with E-state index in [0.29, 0.717) is 11.0 Å². The Morgan fingerprint density at radius 2 is 1.94 bits per heavy atom. The highest BCUT2D eigenvalue weighted by Gasteiger charge is 2.16. The van der Waals surface area contributed by atoms with Crippen molar-refractivity contribution in [2.24, 2.45) is 0 Å². The second-order valence-electron chi connectivity index (χ2n) is 4.66. The monoisotopic (exact) mass is 234 g/mol. The molecule has 84 valence electrons. The van der Waals surface area contributed by atoms with Crippen LogP contribution in [0.5, 0.6) is 5.75 Å². The SMILES string of the molecule is C[Si](C)(C)Oc1ccc2c(=O)ccoc2c1. The molecule has 0 atom stereocenters. The predicted molar refractivity (Wildman–Crippen MR) is 66.5 cm³/mol. The summed E-state index contributed by atoms with van der Waals surface area (Å²) in [6.07, 6.45) is 1.41. The average molecular weight is 234 g/mol. The van der Waals surface area contributed by atoms with E-state index < -0.39 is 8.32 Å². The first kappa shape index (κ1) is 10.9. The molecule has 0 saturated carbocycles. The third-order valence-corrected chi connectivity index (χ3v) is 2.91. The van der Waals surface area contributed by atoms with Crippen molar-refractivity contribution in [1.29, 1.82) is 0 Å². The number of hydrogen-bond donors (Lipinski definition) is 0. The van der Waals surface area contributed by atoms with Crippen molar-refractivity contribution in [3.63, 3.8) is 0 Å². The Kier molecular flexibility index (Phi) is 2.59. The van der Waals surface area contributed by atoms with Crippen molar-refractivity contribution >= 4 is 19.3 Å². The summed E-state index contributed by atoms with van der Waals surface area (Å²) in [6, 6.07) is 6.75. The Morgan fingerprint density at radius 3 is 2.62 bits per heavy atom. The molecule has 0 radical (unpaired) electrons. The first-order valence-electron chi connectivity index (χ1n) is 5.16. The van der Waals surface area contributed by atoms with Gasteiger partial charge in [0.15, 0.2) is 5.43 Å². The van der Waals surface area contributed by atoms with E-state index in [-0.39, 0.29) is 5.43 Å². The largest absolute Gasteiger partial charge is 0.544 e. The Hall–Kier alpha value is -1.55. The molecule has 0 N–H and O–H groups in total. The van der Waals surface area contributed by atoms with Crippen LogP contribution < -0.4 is 9.85 Å². The maximum atomic E-state index is 11.5. The molecule has 1 aromatic heterocycles. The molecule has 0 amide bonds. The van der Waals surface area contributed by atoms with Crippen LogP contribution in [0.15, 0.2) is 39.7 Å². The third-order valence-electron chi connectivity index (χ3n) is 2.06. The van der Waals surface area contributed by atoms with Crippen molar-refractivity contribution in [2.45, 2.75) is 19.6 Å². The molecule has 0 spiro atoms. The summed E-state index contributed by atoms with van der Waals surface area (Å²) in [7, 11) is -1.62. The van der Waals surface area contributed by atoms with Crippen molar-refractivity contribution in [3.05, 3.63) is 40.8 Å². The zero-order valence-corrected chi connectivity index (χ0v) is 10.6. The highest BCUT2D eigenvalue weighted by Crippen LogP contribution is 2.21. The van der Waals surface area contributed by atoms with Gasteiger partial charge in [-0.2, -0.15) is 0 Å². The van der Waals surface area contributed by atoms with Crippen LogP contribution in [0.4, 0.5) is 0 Å². The maximum Gasteiger partial charge on any atom is 0.242 e. The van der Waals surface area contributed by atoms with Crippen LogP contribution in [0.3, 0.4) is 0 Å². The van der Waals surface area contributed by atoms with Crippen molar-refractivity contribution < 1.29 is 8.84 Å². The van der Waals surface area contributed by atoms with E-state index in [4.69, 9.17) is 8.84 Å². The zero-order chi connectivity index (χ0) is 11.8. The van der Waals surface area contributed by atoms with Crippen LogP contribution in [0.25, 0.3) is 11.0 Å². The fraction of sp³-hybridized carbons (Fsp3) is 0.250. The zero-order valence-electron chi connectivity index (χ0n) is 9.61. The van der Waals surface area contributed by atoms with Gasteiger partial charge in [-0.1, -0.05) is 0 Å². The summed E-state index contributed by atoms with van der Waals surface area (Å²) in [4.78, 5) is 11.5. The van der Waals surface area contributed by atoms with E-state index in [2.05, 4.69) is 19.6 Å². The summed E-state index contributed by atoms with van der Waals surface area (Å²) in [5.41, 5.74) is 0.545. The van der Waals surface area contributed by atoms with Crippen LogP contribution in [0.1, 0.15) is 0 Å². The number of benzene rings is 1. The van der Waals surface area contributed by atoms with Crippen LogP contribution in [0.2, 0.25) is 19.6 Å². The first-order valence-corrected chi connectivity index (χ1v) is 8.57. The fourth-order valence-electron chi connectivity index (χ4n) is 1.48. The second-order valence-corrected chi connectivity index (χ2v) is 9.09. The summed E-state index contributed by atoms with van der Waals surface area (Å²) >= 11 is 0. The molecule has 0 bridgehead atoms. The molecule has 0 aliphatic rings. The van der Waals surface area contributed by atoms with E-state index in [1.807, 2.05) is 6.07 Å². The first-order chi connectivity index (χ1) is 7.46. The summed E-state index contributed by atoms with van der Waals surface area (Å²) in [5, 5.41) is 0.588. The highest BCUT2D eigenvalue weighted by atomic mass is 28.4. The van der Waals surface area contributed by atoms with E-state index in [0.717, 1.165) is 5.75 Å². The number of fused-ring (bicyclic) bond motifs is 1. The summed E-state index contributed by atoms with van der Waals surface area (Å²) in [5.74, 6) is 0.765. The molecule has 0 fully saturated rings. The van der Waals surface area contributed by atoms with Gasteiger partial charge in [-0.05, 0) is 31.8 Å². The topological polar surface area (TPSA) is 39.4 Å². The van der Waals surface area contributed by atoms with E-state index >= 15 is 0 Å². The molecule has 0 unspecified atom stereocenters. The third kappa shape index (κ3) is 2.33. The second kappa shape index (κ2) is 3.79. The van der Waals surface area contributed by atoms with Crippen molar-refractivity contribution in [3.8, 4) is 5.75 Å². The van der Waals surface area contributed by atoms with E-state index in [1.54, 1.807) is 12.1 Å². The van der Waals surface area contributed by atoms with E-state index in [9.17, 15) is 4.79 Å².